The maximum atomic E-state index is 5.63. The molecule has 1 unspecified atom stereocenters. The lowest BCUT2D eigenvalue weighted by Gasteiger charge is -2.19. The van der Waals surface area contributed by atoms with Crippen molar-refractivity contribution in [2.24, 2.45) is 0 Å². The Morgan fingerprint density at radius 1 is 1.44 bits per heavy atom. The van der Waals surface area contributed by atoms with Crippen molar-refractivity contribution >= 4 is 31.5 Å². The van der Waals surface area contributed by atoms with Crippen LogP contribution < -0.4 is 0 Å². The normalized spacial score (nSPS) is 15.7. The van der Waals surface area contributed by atoms with E-state index in [1.54, 1.807) is 0 Å². The van der Waals surface area contributed by atoms with E-state index in [1.807, 2.05) is 0 Å². The molecule has 0 bridgehead atoms. The third-order valence-electron chi connectivity index (χ3n) is 0.603. The lowest BCUT2D eigenvalue weighted by atomic mass is 10.9. The minimum Gasteiger partial charge on any atom is -0.401 e. The molecule has 0 spiro atoms. The Morgan fingerprint density at radius 3 is 2.00 bits per heavy atom. The van der Waals surface area contributed by atoms with E-state index in [0.29, 0.717) is 5.88 Å². The average molecular weight is 187 g/mol. The Kier molecular flexibility index (Phi) is 4.13. The summed E-state index contributed by atoms with van der Waals surface area (Å²) in [6, 6.07) is 0. The molecule has 1 atom stereocenters. The number of hydrogen-bond acceptors (Lipinski definition) is 1. The molecule has 0 aliphatic carbocycles. The summed E-state index contributed by atoms with van der Waals surface area (Å²) in [7, 11) is -1.46. The van der Waals surface area contributed by atoms with Gasteiger partial charge in [-0.15, -0.1) is 11.6 Å². The fourth-order valence-electron chi connectivity index (χ4n) is 0.415. The predicted molar refractivity (Wildman–Crippen MR) is 44.8 cm³/mol. The van der Waals surface area contributed by atoms with Gasteiger partial charge in [-0.3, -0.25) is 0 Å². The fourth-order valence-corrected chi connectivity index (χ4v) is 2.24. The first-order chi connectivity index (χ1) is 3.95. The summed E-state index contributed by atoms with van der Waals surface area (Å²) < 4.78 is 5.36. The summed E-state index contributed by atoms with van der Waals surface area (Å²) in [4.78, 5) is 0. The van der Waals surface area contributed by atoms with E-state index < -0.39 is 8.32 Å². The summed E-state index contributed by atoms with van der Waals surface area (Å²) in [5, 5.41) is 0. The molecule has 0 aromatic carbocycles. The van der Waals surface area contributed by atoms with Crippen molar-refractivity contribution in [2.45, 2.75) is 25.2 Å². The van der Waals surface area contributed by atoms with Crippen molar-refractivity contribution < 1.29 is 4.43 Å². The molecule has 0 heterocycles. The zero-order valence-corrected chi connectivity index (χ0v) is 8.46. The monoisotopic (exact) mass is 186 g/mol. The van der Waals surface area contributed by atoms with Gasteiger partial charge in [-0.25, -0.2) is 0 Å². The smallest absolute Gasteiger partial charge is 0.185 e. The zero-order chi connectivity index (χ0) is 7.49. The molecule has 0 N–H and O–H groups in total. The summed E-state index contributed by atoms with van der Waals surface area (Å²) in [6.07, 6.45) is 0. The van der Waals surface area contributed by atoms with Crippen molar-refractivity contribution in [1.29, 1.82) is 0 Å². The van der Waals surface area contributed by atoms with Gasteiger partial charge in [0.1, 0.15) is 5.56 Å². The second kappa shape index (κ2) is 3.81. The van der Waals surface area contributed by atoms with Gasteiger partial charge in [0, 0.05) is 0 Å². The van der Waals surface area contributed by atoms with Crippen molar-refractivity contribution in [2.75, 3.05) is 5.88 Å². The Balaban J connectivity index is 3.47. The Labute approximate surface area is 67.4 Å². The first kappa shape index (κ1) is 9.76. The zero-order valence-electron chi connectivity index (χ0n) is 5.95. The van der Waals surface area contributed by atoms with Crippen molar-refractivity contribution in [1.82, 2.24) is 0 Å². The number of rotatable bonds is 3. The number of halogens is 2. The van der Waals surface area contributed by atoms with E-state index >= 15 is 0 Å². The topological polar surface area (TPSA) is 9.23 Å². The molecule has 0 aliphatic rings. The molecule has 56 valence electrons. The molecule has 4 heteroatoms. The van der Waals surface area contributed by atoms with Gasteiger partial charge in [0.25, 0.3) is 0 Å². The first-order valence-electron chi connectivity index (χ1n) is 2.83. The van der Waals surface area contributed by atoms with Crippen LogP contribution in [0.15, 0.2) is 0 Å². The summed E-state index contributed by atoms with van der Waals surface area (Å²) in [5.41, 5.74) is -0.307. The number of alkyl halides is 2. The highest BCUT2D eigenvalue weighted by molar-refractivity contribution is 6.70. The number of hydrogen-bond donors (Lipinski definition) is 0. The Morgan fingerprint density at radius 2 is 1.89 bits per heavy atom. The van der Waals surface area contributed by atoms with Crippen molar-refractivity contribution in [3.63, 3.8) is 0 Å². The Bertz CT molecular complexity index is 81.5. The molecule has 0 amide bonds. The van der Waals surface area contributed by atoms with Gasteiger partial charge in [0.15, 0.2) is 8.32 Å². The van der Waals surface area contributed by atoms with E-state index in [1.165, 1.54) is 0 Å². The molecular formula is C5H12Cl2OSi. The van der Waals surface area contributed by atoms with Gasteiger partial charge >= 0.3 is 0 Å². The van der Waals surface area contributed by atoms with E-state index in [2.05, 4.69) is 19.6 Å². The van der Waals surface area contributed by atoms with Gasteiger partial charge in [0.2, 0.25) is 0 Å². The van der Waals surface area contributed by atoms with Gasteiger partial charge in [-0.05, 0) is 19.6 Å². The average Bonchev–Trinajstić information content (AvgIpc) is 1.62. The van der Waals surface area contributed by atoms with Crippen LogP contribution in [0.3, 0.4) is 0 Å². The van der Waals surface area contributed by atoms with Crippen LogP contribution in [0.4, 0.5) is 0 Å². The Hall–Kier alpha value is 0.757. The molecule has 0 saturated heterocycles. The molecule has 0 saturated carbocycles. The van der Waals surface area contributed by atoms with E-state index in [0.717, 1.165) is 0 Å². The molecule has 0 rings (SSSR count). The molecule has 1 nitrogen and oxygen atoms in total. The molecule has 0 aromatic rings. The first-order valence-corrected chi connectivity index (χ1v) is 7.21. The highest BCUT2D eigenvalue weighted by Crippen LogP contribution is 2.10. The standard InChI is InChI=1S/C5H12Cl2OSi/c1-9(2,3)8-5(7)4-6/h5H,4H2,1-3H3. The molecular weight excluding hydrogens is 175 g/mol. The molecule has 0 aromatic heterocycles. The molecule has 0 radical (unpaired) electrons. The highest BCUT2D eigenvalue weighted by Gasteiger charge is 2.18. The SMILES string of the molecule is C[Si](C)(C)OC(Cl)CCl. The van der Waals surface area contributed by atoms with Crippen LogP contribution in [0.25, 0.3) is 0 Å². The summed E-state index contributed by atoms with van der Waals surface area (Å²) in [6.45, 7) is 6.23. The van der Waals surface area contributed by atoms with Crippen LogP contribution in [0.2, 0.25) is 19.6 Å². The third-order valence-corrected chi connectivity index (χ3v) is 2.43. The lowest BCUT2D eigenvalue weighted by molar-refractivity contribution is 0.297. The van der Waals surface area contributed by atoms with Crippen LogP contribution in [-0.2, 0) is 4.43 Å². The molecule has 0 aliphatic heterocycles. The van der Waals surface area contributed by atoms with E-state index in [9.17, 15) is 0 Å². The fraction of sp³-hybridized carbons (Fsp3) is 1.00. The molecule has 9 heavy (non-hydrogen) atoms. The maximum Gasteiger partial charge on any atom is 0.185 e. The van der Waals surface area contributed by atoms with Gasteiger partial charge in [-0.2, -0.15) is 0 Å². The largest absolute Gasteiger partial charge is 0.401 e. The second-order valence-corrected chi connectivity index (χ2v) is 8.05. The van der Waals surface area contributed by atoms with Crippen LogP contribution in [-0.4, -0.2) is 19.8 Å². The van der Waals surface area contributed by atoms with Gasteiger partial charge in [-0.1, -0.05) is 11.6 Å². The van der Waals surface area contributed by atoms with Crippen molar-refractivity contribution in [3.8, 4) is 0 Å². The minimum atomic E-state index is -1.46. The van der Waals surface area contributed by atoms with Crippen LogP contribution in [0, 0.1) is 0 Å². The maximum absolute atomic E-state index is 5.63. The third kappa shape index (κ3) is 6.64. The lowest BCUT2D eigenvalue weighted by Crippen LogP contribution is -2.30. The summed E-state index contributed by atoms with van der Waals surface area (Å²) >= 11 is 11.1. The van der Waals surface area contributed by atoms with E-state index in [4.69, 9.17) is 27.6 Å². The molecule has 0 fully saturated rings. The quantitative estimate of drug-likeness (QED) is 0.487. The highest BCUT2D eigenvalue weighted by atomic mass is 35.5. The van der Waals surface area contributed by atoms with Gasteiger partial charge < -0.3 is 4.43 Å². The second-order valence-electron chi connectivity index (χ2n) is 2.79. The van der Waals surface area contributed by atoms with Crippen LogP contribution in [0.1, 0.15) is 0 Å². The summed E-state index contributed by atoms with van der Waals surface area (Å²) in [5.74, 6) is 0.367. The van der Waals surface area contributed by atoms with Gasteiger partial charge in [0.05, 0.1) is 5.88 Å². The van der Waals surface area contributed by atoms with Crippen LogP contribution in [0.5, 0.6) is 0 Å². The van der Waals surface area contributed by atoms with Crippen molar-refractivity contribution in [3.05, 3.63) is 0 Å². The van der Waals surface area contributed by atoms with E-state index in [-0.39, 0.29) is 5.56 Å². The predicted octanol–water partition coefficient (Wildman–Crippen LogP) is 2.64. The van der Waals surface area contributed by atoms with Crippen LogP contribution >= 0.6 is 23.2 Å². The minimum absolute atomic E-state index is 0.307.